The standard InChI is InChI=1S/C23H14F3N3O/c24-23(25,26)21-20(17-12-6-10-14-7-4-5-11-16(14)17)22-27-18(13-19(30)29(22)28-21)15-8-2-1-3-9-15/h1-13,28H. The number of aromatic nitrogens is 3. The molecular weight excluding hydrogens is 391 g/mol. The molecule has 3 aromatic carbocycles. The SMILES string of the molecule is O=c1cc(-c2ccccc2)nc2c(-c3cccc4ccccc34)c(C(F)(F)F)[nH]n12. The lowest BCUT2D eigenvalue weighted by atomic mass is 9.98. The van der Waals surface area contributed by atoms with Crippen LogP contribution in [0.5, 0.6) is 0 Å². The number of hydrogen-bond acceptors (Lipinski definition) is 2. The van der Waals surface area contributed by atoms with Gasteiger partial charge in [0.1, 0.15) is 5.69 Å². The summed E-state index contributed by atoms with van der Waals surface area (Å²) >= 11 is 0. The number of halogens is 3. The van der Waals surface area contributed by atoms with Crippen molar-refractivity contribution >= 4 is 16.4 Å². The van der Waals surface area contributed by atoms with Gasteiger partial charge in [-0.3, -0.25) is 9.89 Å². The zero-order valence-electron chi connectivity index (χ0n) is 15.4. The van der Waals surface area contributed by atoms with Crippen molar-refractivity contribution < 1.29 is 13.2 Å². The van der Waals surface area contributed by atoms with Crippen molar-refractivity contribution in [1.82, 2.24) is 14.6 Å². The largest absolute Gasteiger partial charge is 0.433 e. The second-order valence-corrected chi connectivity index (χ2v) is 6.89. The van der Waals surface area contributed by atoms with Gasteiger partial charge in [-0.15, -0.1) is 0 Å². The summed E-state index contributed by atoms with van der Waals surface area (Å²) in [5.41, 5.74) is -0.509. The Balaban J connectivity index is 1.92. The van der Waals surface area contributed by atoms with Gasteiger partial charge in [0.15, 0.2) is 5.65 Å². The van der Waals surface area contributed by atoms with E-state index in [-0.39, 0.29) is 11.2 Å². The Morgan fingerprint density at radius 2 is 1.57 bits per heavy atom. The van der Waals surface area contributed by atoms with Crippen LogP contribution in [0.25, 0.3) is 38.8 Å². The van der Waals surface area contributed by atoms with Crippen LogP contribution in [0.2, 0.25) is 0 Å². The predicted molar refractivity (Wildman–Crippen MR) is 109 cm³/mol. The van der Waals surface area contributed by atoms with Gasteiger partial charge in [-0.1, -0.05) is 72.8 Å². The maximum absolute atomic E-state index is 14.0. The third-order valence-corrected chi connectivity index (χ3v) is 5.03. The van der Waals surface area contributed by atoms with Crippen LogP contribution in [0.3, 0.4) is 0 Å². The highest BCUT2D eigenvalue weighted by Crippen LogP contribution is 2.40. The third kappa shape index (κ3) is 2.86. The minimum Gasteiger partial charge on any atom is -0.284 e. The van der Waals surface area contributed by atoms with E-state index in [4.69, 9.17) is 0 Å². The van der Waals surface area contributed by atoms with Gasteiger partial charge >= 0.3 is 6.18 Å². The van der Waals surface area contributed by atoms with Crippen LogP contribution in [0.1, 0.15) is 5.69 Å². The molecule has 0 unspecified atom stereocenters. The molecule has 148 valence electrons. The summed E-state index contributed by atoms with van der Waals surface area (Å²) in [6, 6.07) is 22.4. The Bertz CT molecular complexity index is 1440. The smallest absolute Gasteiger partial charge is 0.284 e. The molecule has 0 atom stereocenters. The first kappa shape index (κ1) is 18.2. The first-order chi connectivity index (χ1) is 14.4. The summed E-state index contributed by atoms with van der Waals surface area (Å²) in [5, 5.41) is 3.67. The zero-order valence-corrected chi connectivity index (χ0v) is 15.4. The molecule has 2 aromatic heterocycles. The molecular formula is C23H14F3N3O. The van der Waals surface area contributed by atoms with Gasteiger partial charge in [0, 0.05) is 11.6 Å². The quantitative estimate of drug-likeness (QED) is 0.420. The number of fused-ring (bicyclic) bond motifs is 2. The van der Waals surface area contributed by atoms with Gasteiger partial charge in [0.2, 0.25) is 0 Å². The Morgan fingerprint density at radius 1 is 0.867 bits per heavy atom. The highest BCUT2D eigenvalue weighted by molar-refractivity contribution is 6.00. The summed E-state index contributed by atoms with van der Waals surface area (Å²) in [5.74, 6) is 0. The maximum atomic E-state index is 14.0. The van der Waals surface area contributed by atoms with Gasteiger partial charge in [0.05, 0.1) is 11.3 Å². The molecule has 2 heterocycles. The number of hydrogen-bond donors (Lipinski definition) is 1. The van der Waals surface area contributed by atoms with E-state index in [2.05, 4.69) is 10.1 Å². The van der Waals surface area contributed by atoms with Gasteiger partial charge in [-0.25, -0.2) is 9.50 Å². The van der Waals surface area contributed by atoms with Crippen molar-refractivity contribution in [2.75, 3.05) is 0 Å². The van der Waals surface area contributed by atoms with Crippen LogP contribution in [0, 0.1) is 0 Å². The Kier molecular flexibility index (Phi) is 3.99. The van der Waals surface area contributed by atoms with E-state index < -0.39 is 17.4 Å². The van der Waals surface area contributed by atoms with Crippen molar-refractivity contribution in [2.24, 2.45) is 0 Å². The maximum Gasteiger partial charge on any atom is 0.433 e. The van der Waals surface area contributed by atoms with Crippen LogP contribution in [-0.2, 0) is 6.18 Å². The Morgan fingerprint density at radius 3 is 2.33 bits per heavy atom. The minimum absolute atomic E-state index is 0.0648. The molecule has 0 fully saturated rings. The molecule has 0 saturated heterocycles. The van der Waals surface area contributed by atoms with E-state index in [1.54, 1.807) is 48.5 Å². The van der Waals surface area contributed by atoms with E-state index in [1.165, 1.54) is 6.07 Å². The molecule has 0 aliphatic heterocycles. The molecule has 0 spiro atoms. The molecule has 5 aromatic rings. The lowest BCUT2D eigenvalue weighted by molar-refractivity contribution is -0.140. The molecule has 7 heteroatoms. The second kappa shape index (κ2) is 6.59. The number of benzene rings is 3. The summed E-state index contributed by atoms with van der Waals surface area (Å²) < 4.78 is 42.7. The minimum atomic E-state index is -4.70. The molecule has 0 bridgehead atoms. The van der Waals surface area contributed by atoms with Crippen molar-refractivity contribution in [3.63, 3.8) is 0 Å². The van der Waals surface area contributed by atoms with Crippen molar-refractivity contribution in [2.45, 2.75) is 6.18 Å². The van der Waals surface area contributed by atoms with Gasteiger partial charge < -0.3 is 0 Å². The van der Waals surface area contributed by atoms with E-state index >= 15 is 0 Å². The topological polar surface area (TPSA) is 50.2 Å². The van der Waals surface area contributed by atoms with Crippen molar-refractivity contribution in [1.29, 1.82) is 0 Å². The highest BCUT2D eigenvalue weighted by atomic mass is 19.4. The van der Waals surface area contributed by atoms with Gasteiger partial charge in [0.25, 0.3) is 5.56 Å². The molecule has 30 heavy (non-hydrogen) atoms. The molecule has 5 rings (SSSR count). The summed E-state index contributed by atoms with van der Waals surface area (Å²) in [7, 11) is 0. The fourth-order valence-corrected chi connectivity index (χ4v) is 3.70. The van der Waals surface area contributed by atoms with E-state index in [9.17, 15) is 18.0 Å². The molecule has 0 amide bonds. The molecule has 0 aliphatic carbocycles. The van der Waals surface area contributed by atoms with Gasteiger partial charge in [-0.05, 0) is 16.3 Å². The molecule has 0 radical (unpaired) electrons. The number of aromatic amines is 1. The van der Waals surface area contributed by atoms with E-state index in [0.29, 0.717) is 22.2 Å². The molecule has 1 N–H and O–H groups in total. The molecule has 4 nitrogen and oxygen atoms in total. The predicted octanol–water partition coefficient (Wildman–Crippen LogP) is 5.53. The van der Waals surface area contributed by atoms with E-state index in [0.717, 1.165) is 9.90 Å². The number of nitrogens with one attached hydrogen (secondary N) is 1. The Labute approximate surface area is 168 Å². The summed E-state index contributed by atoms with van der Waals surface area (Å²) in [6.45, 7) is 0. The first-order valence-corrected chi connectivity index (χ1v) is 9.20. The van der Waals surface area contributed by atoms with Gasteiger partial charge in [-0.2, -0.15) is 13.2 Å². The number of alkyl halides is 3. The fraction of sp³-hybridized carbons (Fsp3) is 0.0435. The number of rotatable bonds is 2. The zero-order chi connectivity index (χ0) is 20.9. The monoisotopic (exact) mass is 405 g/mol. The van der Waals surface area contributed by atoms with Crippen LogP contribution < -0.4 is 5.56 Å². The van der Waals surface area contributed by atoms with Crippen LogP contribution in [0.4, 0.5) is 13.2 Å². The average Bonchev–Trinajstić information content (AvgIpc) is 3.14. The number of H-pyrrole nitrogens is 1. The number of nitrogens with zero attached hydrogens (tertiary/aromatic N) is 2. The van der Waals surface area contributed by atoms with Crippen LogP contribution in [-0.4, -0.2) is 14.6 Å². The van der Waals surface area contributed by atoms with Crippen LogP contribution >= 0.6 is 0 Å². The third-order valence-electron chi connectivity index (χ3n) is 5.03. The Hall–Kier alpha value is -3.87. The normalized spacial score (nSPS) is 12.0. The van der Waals surface area contributed by atoms with Crippen molar-refractivity contribution in [3.8, 4) is 22.4 Å². The summed E-state index contributed by atoms with van der Waals surface area (Å²) in [4.78, 5) is 17.1. The summed E-state index contributed by atoms with van der Waals surface area (Å²) in [6.07, 6.45) is -4.70. The lowest BCUT2D eigenvalue weighted by Crippen LogP contribution is -2.15. The highest BCUT2D eigenvalue weighted by Gasteiger charge is 2.38. The molecule has 0 saturated carbocycles. The molecule has 0 aliphatic rings. The average molecular weight is 405 g/mol. The second-order valence-electron chi connectivity index (χ2n) is 6.89. The lowest BCUT2D eigenvalue weighted by Gasteiger charge is -2.10. The first-order valence-electron chi connectivity index (χ1n) is 9.20. The fourth-order valence-electron chi connectivity index (χ4n) is 3.70. The van der Waals surface area contributed by atoms with E-state index in [1.807, 2.05) is 24.3 Å². The van der Waals surface area contributed by atoms with Crippen LogP contribution in [0.15, 0.2) is 83.7 Å². The van der Waals surface area contributed by atoms with Crippen molar-refractivity contribution in [3.05, 3.63) is 94.9 Å².